The number of amides is 2. The van der Waals surface area contributed by atoms with Crippen molar-refractivity contribution in [3.8, 4) is 0 Å². The van der Waals surface area contributed by atoms with Crippen molar-refractivity contribution in [1.82, 2.24) is 10.2 Å². The number of hydrogen-bond acceptors (Lipinski definition) is 4. The Kier molecular flexibility index (Phi) is 10.1. The fraction of sp³-hybridized carbons (Fsp3) is 0.259. The highest BCUT2D eigenvalue weighted by Gasteiger charge is 2.34. The van der Waals surface area contributed by atoms with E-state index < -0.39 is 34.4 Å². The largest absolute Gasteiger partial charge is 0.357 e. The number of likely N-dealkylation sites (N-methyl/N-ethyl adjacent to an activating group) is 1. The number of benzene rings is 3. The van der Waals surface area contributed by atoms with Crippen molar-refractivity contribution >= 4 is 62.3 Å². The van der Waals surface area contributed by atoms with Crippen LogP contribution in [0.3, 0.4) is 0 Å². The van der Waals surface area contributed by atoms with Crippen LogP contribution in [0.2, 0.25) is 15.1 Å². The molecule has 0 heterocycles. The van der Waals surface area contributed by atoms with E-state index in [9.17, 15) is 18.0 Å². The minimum atomic E-state index is -4.19. The Hall–Kier alpha value is -2.78. The molecule has 3 rings (SSSR count). The summed E-state index contributed by atoms with van der Waals surface area (Å²) in [4.78, 5) is 28.0. The highest BCUT2D eigenvalue weighted by Crippen LogP contribution is 2.29. The Morgan fingerprint density at radius 3 is 2.11 bits per heavy atom. The SMILES string of the molecule is CC[C@H](C(=O)NC)N(Cc1c(Cl)cccc1Cl)C(=O)CN(c1cccc(C)c1)S(=O)(=O)c1ccc(Cl)cc1. The topological polar surface area (TPSA) is 86.8 Å². The molecular formula is C27H28Cl3N3O4S. The molecule has 3 aromatic rings. The molecule has 1 N–H and O–H groups in total. The third-order valence-corrected chi connectivity index (χ3v) is 8.74. The van der Waals surface area contributed by atoms with Gasteiger partial charge in [-0.15, -0.1) is 0 Å². The van der Waals surface area contributed by atoms with Crippen molar-refractivity contribution in [2.75, 3.05) is 17.9 Å². The number of carbonyl (C=O) groups excluding carboxylic acids is 2. The summed E-state index contributed by atoms with van der Waals surface area (Å²) < 4.78 is 28.6. The minimum Gasteiger partial charge on any atom is -0.357 e. The van der Waals surface area contributed by atoms with Crippen LogP contribution in [-0.2, 0) is 26.2 Å². The molecule has 38 heavy (non-hydrogen) atoms. The molecule has 0 unspecified atom stereocenters. The van der Waals surface area contributed by atoms with E-state index in [0.717, 1.165) is 9.87 Å². The molecule has 0 aliphatic carbocycles. The van der Waals surface area contributed by atoms with Crippen LogP contribution >= 0.6 is 34.8 Å². The van der Waals surface area contributed by atoms with Gasteiger partial charge in [0.2, 0.25) is 11.8 Å². The highest BCUT2D eigenvalue weighted by molar-refractivity contribution is 7.92. The van der Waals surface area contributed by atoms with Crippen LogP contribution in [0.25, 0.3) is 0 Å². The predicted octanol–water partition coefficient (Wildman–Crippen LogP) is 5.70. The number of nitrogens with zero attached hydrogens (tertiary/aromatic N) is 2. The summed E-state index contributed by atoms with van der Waals surface area (Å²) in [5, 5.41) is 3.60. The zero-order valence-corrected chi connectivity index (χ0v) is 24.2. The quantitative estimate of drug-likeness (QED) is 0.325. The van der Waals surface area contributed by atoms with E-state index in [4.69, 9.17) is 34.8 Å². The summed E-state index contributed by atoms with van der Waals surface area (Å²) in [5.74, 6) is -0.998. The molecule has 0 saturated heterocycles. The van der Waals surface area contributed by atoms with Gasteiger partial charge < -0.3 is 10.2 Å². The number of halogens is 3. The number of carbonyl (C=O) groups is 2. The molecule has 0 aromatic heterocycles. The molecule has 202 valence electrons. The van der Waals surface area contributed by atoms with Crippen molar-refractivity contribution in [1.29, 1.82) is 0 Å². The second-order valence-corrected chi connectivity index (χ2v) is 11.7. The third-order valence-electron chi connectivity index (χ3n) is 5.99. The van der Waals surface area contributed by atoms with Gasteiger partial charge in [0.25, 0.3) is 10.0 Å². The van der Waals surface area contributed by atoms with Gasteiger partial charge in [-0.25, -0.2) is 8.42 Å². The number of hydrogen-bond donors (Lipinski definition) is 1. The summed E-state index contributed by atoms with van der Waals surface area (Å²) in [6, 6.07) is 16.6. The first-order chi connectivity index (χ1) is 18.0. The van der Waals surface area contributed by atoms with E-state index in [-0.39, 0.29) is 17.9 Å². The van der Waals surface area contributed by atoms with Crippen molar-refractivity contribution in [3.05, 3.63) is 92.9 Å². The van der Waals surface area contributed by atoms with Gasteiger partial charge in [0.05, 0.1) is 10.6 Å². The molecule has 0 spiro atoms. The molecule has 2 amide bonds. The van der Waals surface area contributed by atoms with Crippen LogP contribution in [0.15, 0.2) is 71.6 Å². The molecule has 0 fully saturated rings. The van der Waals surface area contributed by atoms with Gasteiger partial charge >= 0.3 is 0 Å². The van der Waals surface area contributed by atoms with Gasteiger partial charge in [-0.3, -0.25) is 13.9 Å². The van der Waals surface area contributed by atoms with Crippen molar-refractivity contribution in [2.45, 2.75) is 37.8 Å². The number of anilines is 1. The minimum absolute atomic E-state index is 0.0322. The summed E-state index contributed by atoms with van der Waals surface area (Å²) >= 11 is 18.7. The molecule has 1 atom stereocenters. The second kappa shape index (κ2) is 12.8. The van der Waals surface area contributed by atoms with Gasteiger partial charge in [-0.05, 0) is 67.4 Å². The van der Waals surface area contributed by atoms with E-state index in [2.05, 4.69) is 5.32 Å². The van der Waals surface area contributed by atoms with Crippen LogP contribution < -0.4 is 9.62 Å². The lowest BCUT2D eigenvalue weighted by molar-refractivity contribution is -0.140. The first kappa shape index (κ1) is 29.8. The molecule has 0 saturated carbocycles. The summed E-state index contributed by atoms with van der Waals surface area (Å²) in [7, 11) is -2.72. The van der Waals surface area contributed by atoms with Crippen LogP contribution in [-0.4, -0.2) is 44.8 Å². The second-order valence-electron chi connectivity index (χ2n) is 8.56. The zero-order chi connectivity index (χ0) is 28.0. The van der Waals surface area contributed by atoms with E-state index in [1.807, 2.05) is 13.0 Å². The Bertz CT molecular complexity index is 1400. The van der Waals surface area contributed by atoms with Crippen molar-refractivity contribution in [2.24, 2.45) is 0 Å². The van der Waals surface area contributed by atoms with Gasteiger partial charge in [-0.2, -0.15) is 0 Å². The zero-order valence-electron chi connectivity index (χ0n) is 21.1. The van der Waals surface area contributed by atoms with Gasteiger partial charge in [0, 0.05) is 34.2 Å². The molecule has 11 heteroatoms. The Balaban J connectivity index is 2.10. The Labute approximate surface area is 238 Å². The normalized spacial score (nSPS) is 12.1. The molecular weight excluding hydrogens is 569 g/mol. The molecule has 3 aromatic carbocycles. The van der Waals surface area contributed by atoms with E-state index in [1.54, 1.807) is 43.3 Å². The lowest BCUT2D eigenvalue weighted by atomic mass is 10.1. The maximum Gasteiger partial charge on any atom is 0.264 e. The summed E-state index contributed by atoms with van der Waals surface area (Å²) in [6.07, 6.45) is 0.280. The first-order valence-corrected chi connectivity index (χ1v) is 14.4. The van der Waals surface area contributed by atoms with E-state index in [0.29, 0.717) is 26.3 Å². The average Bonchev–Trinajstić information content (AvgIpc) is 2.88. The lowest BCUT2D eigenvalue weighted by Gasteiger charge is -2.33. The maximum absolute atomic E-state index is 13.9. The van der Waals surface area contributed by atoms with Gasteiger partial charge in [-0.1, -0.05) is 59.9 Å². The molecule has 0 aliphatic rings. The molecule has 0 radical (unpaired) electrons. The molecule has 7 nitrogen and oxygen atoms in total. The fourth-order valence-electron chi connectivity index (χ4n) is 3.99. The summed E-state index contributed by atoms with van der Waals surface area (Å²) in [6.45, 7) is 2.93. The number of aryl methyl sites for hydroxylation is 1. The average molecular weight is 597 g/mol. The number of nitrogens with one attached hydrogen (secondary N) is 1. The van der Waals surface area contributed by atoms with Crippen LogP contribution in [0.1, 0.15) is 24.5 Å². The maximum atomic E-state index is 13.9. The van der Waals surface area contributed by atoms with Gasteiger partial charge in [0.1, 0.15) is 12.6 Å². The Morgan fingerprint density at radius 2 is 1.55 bits per heavy atom. The van der Waals surface area contributed by atoms with E-state index >= 15 is 0 Å². The number of sulfonamides is 1. The fourth-order valence-corrected chi connectivity index (χ4v) is 6.03. The monoisotopic (exact) mass is 595 g/mol. The van der Waals surface area contributed by atoms with Crippen molar-refractivity contribution < 1.29 is 18.0 Å². The highest BCUT2D eigenvalue weighted by atomic mass is 35.5. The van der Waals surface area contributed by atoms with Crippen LogP contribution in [0.4, 0.5) is 5.69 Å². The van der Waals surface area contributed by atoms with Gasteiger partial charge in [0.15, 0.2) is 0 Å². The first-order valence-electron chi connectivity index (χ1n) is 11.8. The molecule has 0 aliphatic heterocycles. The lowest BCUT2D eigenvalue weighted by Crippen LogP contribution is -2.51. The standard InChI is InChI=1S/C27H28Cl3N3O4S/c1-4-25(27(35)31-3)32(16-22-23(29)9-6-10-24(22)30)26(34)17-33(20-8-5-7-18(2)15-20)38(36,37)21-13-11-19(28)12-14-21/h5-15,25H,4,16-17H2,1-3H3,(H,31,35)/t25-/m1/s1. The number of rotatable bonds is 10. The Morgan fingerprint density at radius 1 is 0.947 bits per heavy atom. The van der Waals surface area contributed by atoms with E-state index in [1.165, 1.54) is 36.2 Å². The van der Waals surface area contributed by atoms with Crippen molar-refractivity contribution in [3.63, 3.8) is 0 Å². The van der Waals surface area contributed by atoms with Crippen LogP contribution in [0, 0.1) is 6.92 Å². The third kappa shape index (κ3) is 6.80. The predicted molar refractivity (Wildman–Crippen MR) is 152 cm³/mol. The van der Waals surface area contributed by atoms with Crippen LogP contribution in [0.5, 0.6) is 0 Å². The molecule has 0 bridgehead atoms. The smallest absolute Gasteiger partial charge is 0.264 e. The summed E-state index contributed by atoms with van der Waals surface area (Å²) in [5.41, 5.74) is 1.56.